The van der Waals surface area contributed by atoms with Crippen molar-refractivity contribution in [3.8, 4) is 44.5 Å². The first-order valence-corrected chi connectivity index (χ1v) is 16.7. The fourth-order valence-corrected chi connectivity index (χ4v) is 7.42. The summed E-state index contributed by atoms with van der Waals surface area (Å²) in [5.41, 5.74) is 0.412. The largest absolute Gasteiger partial charge is 0.456 e. The molecule has 53 heavy (non-hydrogen) atoms. The van der Waals surface area contributed by atoms with Gasteiger partial charge in [-0.15, -0.1) is 0 Å². The van der Waals surface area contributed by atoms with Gasteiger partial charge in [0.1, 0.15) is 11.2 Å². The molecule has 0 amide bonds. The van der Waals surface area contributed by atoms with Gasteiger partial charge in [-0.1, -0.05) is 169 Å². The van der Waals surface area contributed by atoms with Gasteiger partial charge in [-0.05, 0) is 112 Å². The molecule has 0 aliphatic carbocycles. The molecule has 0 unspecified atom stereocenters. The van der Waals surface area contributed by atoms with Crippen molar-refractivity contribution >= 4 is 65.0 Å². The van der Waals surface area contributed by atoms with E-state index in [1.807, 2.05) is 48.5 Å². The number of hydrogen-bond donors (Lipinski definition) is 0. The van der Waals surface area contributed by atoms with Gasteiger partial charge in [0.15, 0.2) is 0 Å². The summed E-state index contributed by atoms with van der Waals surface area (Å²) in [5.74, 6) is 0. The number of hydrogen-bond acceptors (Lipinski definition) is 1. The number of rotatable bonds is 4. The first-order valence-electron chi connectivity index (χ1n) is 26.2. The summed E-state index contributed by atoms with van der Waals surface area (Å²) in [6.45, 7) is 0. The quantitative estimate of drug-likeness (QED) is 0.167. The predicted octanol–water partition coefficient (Wildman–Crippen LogP) is 14.9. The molecule has 0 bridgehead atoms. The molecule has 0 N–H and O–H groups in total. The van der Waals surface area contributed by atoms with Gasteiger partial charge in [0.05, 0.1) is 26.0 Å². The van der Waals surface area contributed by atoms with E-state index < -0.39 is 164 Å². The molecule has 246 valence electrons. The normalized spacial score (nSPS) is 16.8. The van der Waals surface area contributed by atoms with E-state index in [1.54, 1.807) is 24.3 Å². The Balaban J connectivity index is 1.31. The first kappa shape index (κ1) is 16.6. The number of furan rings is 1. The topological polar surface area (TPSA) is 13.1 Å². The van der Waals surface area contributed by atoms with Crippen LogP contribution >= 0.6 is 0 Å². The molecule has 1 aromatic heterocycles. The van der Waals surface area contributed by atoms with Gasteiger partial charge in [-0.2, -0.15) is 0 Å². The molecule has 1 nitrogen and oxygen atoms in total. The van der Waals surface area contributed by atoms with Crippen molar-refractivity contribution in [2.24, 2.45) is 0 Å². The maximum atomic E-state index is 9.91. The van der Waals surface area contributed by atoms with Crippen molar-refractivity contribution in [2.45, 2.75) is 0 Å². The Morgan fingerprint density at radius 2 is 0.925 bits per heavy atom. The van der Waals surface area contributed by atoms with E-state index in [9.17, 15) is 11.0 Å². The summed E-state index contributed by atoms with van der Waals surface area (Å²) in [4.78, 5) is 0. The molecule has 0 saturated carbocycles. The van der Waals surface area contributed by atoms with Crippen LogP contribution in [0.1, 0.15) is 26.0 Å². The zero-order chi connectivity index (χ0) is 51.4. The standard InChI is InChI=1S/C52H32O/c1-2-14-34(15-3-1)50-42-19-8-10-21-44(42)51(45-22-11-9-20-43(45)50)46-30-29-38(40-17-6-7-18-41(40)46)37-27-28-47-49(32-37)53-48-24-12-23-39(52(47)48)36-26-25-33-13-4-5-16-35(33)31-36/h1-32H/i1D,2D,3D,6D,7D,8D,9D,10D,11D,14D,15D,17D,18D,19D,20D,21D,22D,29D,30D. The molecule has 0 fully saturated rings. The third-order valence-electron chi connectivity index (χ3n) is 9.72. The van der Waals surface area contributed by atoms with Crippen molar-refractivity contribution in [3.63, 3.8) is 0 Å². The first-order chi connectivity index (χ1) is 34.2. The lowest BCUT2D eigenvalue weighted by atomic mass is 9.84. The van der Waals surface area contributed by atoms with Gasteiger partial charge in [0.2, 0.25) is 0 Å². The lowest BCUT2D eigenvalue weighted by Gasteiger charge is -2.19. The van der Waals surface area contributed by atoms with Crippen molar-refractivity contribution in [1.29, 1.82) is 0 Å². The van der Waals surface area contributed by atoms with E-state index in [2.05, 4.69) is 6.07 Å². The summed E-state index contributed by atoms with van der Waals surface area (Å²) >= 11 is 0. The molecular formula is C52H32O. The maximum absolute atomic E-state index is 9.91. The molecule has 1 heterocycles. The summed E-state index contributed by atoms with van der Waals surface area (Å²) in [6, 6.07) is 9.23. The van der Waals surface area contributed by atoms with E-state index in [0.29, 0.717) is 16.6 Å². The van der Waals surface area contributed by atoms with Gasteiger partial charge >= 0.3 is 0 Å². The highest BCUT2D eigenvalue weighted by Crippen LogP contribution is 2.47. The van der Waals surface area contributed by atoms with Crippen LogP contribution in [0.2, 0.25) is 0 Å². The third-order valence-corrected chi connectivity index (χ3v) is 9.72. The lowest BCUT2D eigenvalue weighted by Crippen LogP contribution is -1.92. The number of benzene rings is 10. The molecule has 0 atom stereocenters. The Bertz CT molecular complexity index is 4220. The van der Waals surface area contributed by atoms with Crippen LogP contribution in [0, 0.1) is 0 Å². The molecular weight excluding hydrogens is 641 g/mol. The van der Waals surface area contributed by atoms with Gasteiger partial charge in [-0.3, -0.25) is 0 Å². The molecule has 11 rings (SSSR count). The Labute approximate surface area is 333 Å². The second-order valence-electron chi connectivity index (χ2n) is 12.6. The fraction of sp³-hybridized carbons (Fsp3) is 0. The molecule has 1 heteroatoms. The molecule has 11 aromatic rings. The van der Waals surface area contributed by atoms with Gasteiger partial charge in [-0.25, -0.2) is 0 Å². The minimum absolute atomic E-state index is 0.143. The Kier molecular flexibility index (Phi) is 3.69. The summed E-state index contributed by atoms with van der Waals surface area (Å²) in [5, 5.41) is 0.530. The van der Waals surface area contributed by atoms with Crippen molar-refractivity contribution in [1.82, 2.24) is 0 Å². The molecule has 0 saturated heterocycles. The smallest absolute Gasteiger partial charge is 0.136 e. The molecule has 0 aliphatic rings. The summed E-state index contributed by atoms with van der Waals surface area (Å²) in [6.07, 6.45) is 0. The number of fused-ring (bicyclic) bond motifs is 7. The van der Waals surface area contributed by atoms with E-state index >= 15 is 0 Å². The predicted molar refractivity (Wildman–Crippen MR) is 225 cm³/mol. The van der Waals surface area contributed by atoms with Gasteiger partial charge in [0.25, 0.3) is 0 Å². The average Bonchev–Trinajstić information content (AvgIpc) is 3.76. The maximum Gasteiger partial charge on any atom is 0.136 e. The minimum Gasteiger partial charge on any atom is -0.456 e. The third kappa shape index (κ3) is 4.64. The van der Waals surface area contributed by atoms with Gasteiger partial charge < -0.3 is 4.42 Å². The van der Waals surface area contributed by atoms with Crippen LogP contribution in [0.4, 0.5) is 0 Å². The second-order valence-corrected chi connectivity index (χ2v) is 12.6. The highest BCUT2D eigenvalue weighted by atomic mass is 16.3. The van der Waals surface area contributed by atoms with Crippen LogP contribution in [-0.2, 0) is 0 Å². The fourth-order valence-electron chi connectivity index (χ4n) is 7.42. The van der Waals surface area contributed by atoms with E-state index in [4.69, 9.17) is 19.5 Å². The van der Waals surface area contributed by atoms with Crippen LogP contribution in [0.3, 0.4) is 0 Å². The van der Waals surface area contributed by atoms with Crippen molar-refractivity contribution in [2.75, 3.05) is 0 Å². The van der Waals surface area contributed by atoms with Crippen LogP contribution in [0.25, 0.3) is 110 Å². The molecule has 0 aliphatic heterocycles. The lowest BCUT2D eigenvalue weighted by molar-refractivity contribution is 0.669. The zero-order valence-electron chi connectivity index (χ0n) is 46.4. The second kappa shape index (κ2) is 11.8. The Morgan fingerprint density at radius 1 is 0.340 bits per heavy atom. The van der Waals surface area contributed by atoms with E-state index in [-0.39, 0.29) is 16.5 Å². The van der Waals surface area contributed by atoms with Crippen LogP contribution in [0.15, 0.2) is 198 Å². The summed E-state index contributed by atoms with van der Waals surface area (Å²) < 4.78 is 179. The van der Waals surface area contributed by atoms with Crippen LogP contribution < -0.4 is 0 Å². The van der Waals surface area contributed by atoms with Gasteiger partial charge in [0, 0.05) is 10.8 Å². The molecule has 0 radical (unpaired) electrons. The van der Waals surface area contributed by atoms with Crippen LogP contribution in [0.5, 0.6) is 0 Å². The zero-order valence-corrected chi connectivity index (χ0v) is 27.4. The molecule has 0 spiro atoms. The highest BCUT2D eigenvalue weighted by Gasteiger charge is 2.20. The van der Waals surface area contributed by atoms with E-state index in [0.717, 1.165) is 27.3 Å². The summed E-state index contributed by atoms with van der Waals surface area (Å²) in [7, 11) is 0. The SMILES string of the molecule is [2H]c1c([2H])c([2H])c(-c2c3c([2H])c([2H])c([2H])c([2H])c3c(-c3c([2H])c([2H])c(-c4ccc5c(c4)oc4cccc(-c6ccc7ccccc7c6)c45)c4c([2H])c([2H])c([2H])c([2H])c34)c3c([2H])c([2H])c([2H])c([2H])c23)c([2H])c1[2H]. The van der Waals surface area contributed by atoms with E-state index in [1.165, 1.54) is 0 Å². The minimum atomic E-state index is -0.871. The Morgan fingerprint density at radius 3 is 1.66 bits per heavy atom. The monoisotopic (exact) mass is 691 g/mol. The molecule has 10 aromatic carbocycles. The average molecular weight is 692 g/mol. The van der Waals surface area contributed by atoms with Crippen molar-refractivity contribution in [3.05, 3.63) is 194 Å². The Hall–Kier alpha value is -6.96. The van der Waals surface area contributed by atoms with Crippen LogP contribution in [-0.4, -0.2) is 0 Å². The highest BCUT2D eigenvalue weighted by molar-refractivity contribution is 6.24. The van der Waals surface area contributed by atoms with Crippen molar-refractivity contribution < 1.29 is 30.5 Å².